The van der Waals surface area contributed by atoms with Crippen molar-refractivity contribution in [3.05, 3.63) is 29.8 Å². The van der Waals surface area contributed by atoms with Crippen molar-refractivity contribution in [2.45, 2.75) is 38.7 Å². The fourth-order valence-electron chi connectivity index (χ4n) is 2.03. The summed E-state index contributed by atoms with van der Waals surface area (Å²) in [6.45, 7) is 4.08. The van der Waals surface area contributed by atoms with Crippen molar-refractivity contribution in [2.75, 3.05) is 12.9 Å². The lowest BCUT2D eigenvalue weighted by Gasteiger charge is -2.32. The van der Waals surface area contributed by atoms with E-state index in [4.69, 9.17) is 14.2 Å². The van der Waals surface area contributed by atoms with Gasteiger partial charge in [-0.1, -0.05) is 13.8 Å². The molecule has 0 heterocycles. The normalized spacial score (nSPS) is 11.9. The molecule has 5 nitrogen and oxygen atoms in total. The molecular weight excluding hydrogens is 290 g/mol. The third kappa shape index (κ3) is 5.74. The molecule has 21 heavy (non-hydrogen) atoms. The molecule has 0 bridgehead atoms. The van der Waals surface area contributed by atoms with Crippen LogP contribution in [0.1, 0.15) is 38.7 Å². The number of hydrogen-bond donors (Lipinski definition) is 0. The molecule has 0 fully saturated rings. The zero-order valence-corrected chi connectivity index (χ0v) is 13.4. The van der Waals surface area contributed by atoms with Crippen LogP contribution in [0.15, 0.2) is 24.3 Å². The highest BCUT2D eigenvalue weighted by Crippen LogP contribution is 2.28. The van der Waals surface area contributed by atoms with E-state index in [-0.39, 0.29) is 6.61 Å². The summed E-state index contributed by atoms with van der Waals surface area (Å²) in [6.07, 6.45) is 2.98. The molecule has 0 amide bonds. The maximum absolute atomic E-state index is 11.0. The summed E-state index contributed by atoms with van der Waals surface area (Å²) in [5, 5.41) is 8.78. The number of benzene rings is 1. The molecular formula is C15H21NO4S. The second-order valence-corrected chi connectivity index (χ2v) is 6.55. The Balaban J connectivity index is 2.76. The average molecular weight is 311 g/mol. The molecule has 116 valence electrons. The Morgan fingerprint density at radius 2 is 1.76 bits per heavy atom. The van der Waals surface area contributed by atoms with Crippen molar-refractivity contribution in [1.29, 1.82) is 5.26 Å². The van der Waals surface area contributed by atoms with Crippen molar-refractivity contribution < 1.29 is 17.3 Å². The average Bonchev–Trinajstić information content (AvgIpc) is 2.45. The van der Waals surface area contributed by atoms with Gasteiger partial charge in [-0.15, -0.1) is 0 Å². The Bertz CT molecular complexity index is 583. The zero-order valence-electron chi connectivity index (χ0n) is 12.6. The second-order valence-electron chi connectivity index (χ2n) is 4.90. The van der Waals surface area contributed by atoms with Gasteiger partial charge < -0.3 is 4.74 Å². The highest BCUT2D eigenvalue weighted by molar-refractivity contribution is 7.85. The van der Waals surface area contributed by atoms with Crippen molar-refractivity contribution in [2.24, 2.45) is 0 Å². The van der Waals surface area contributed by atoms with Crippen LogP contribution in [0.2, 0.25) is 0 Å². The van der Waals surface area contributed by atoms with E-state index in [9.17, 15) is 8.42 Å². The first-order chi connectivity index (χ1) is 9.84. The molecule has 0 aromatic heterocycles. The summed E-state index contributed by atoms with van der Waals surface area (Å²) in [6, 6.07) is 8.93. The highest BCUT2D eigenvalue weighted by atomic mass is 32.2. The van der Waals surface area contributed by atoms with Crippen LogP contribution in [0.4, 0.5) is 0 Å². The number of nitriles is 1. The van der Waals surface area contributed by atoms with Crippen LogP contribution in [-0.4, -0.2) is 26.9 Å². The molecule has 0 atom stereocenters. The van der Waals surface area contributed by atoms with E-state index in [1.54, 1.807) is 24.3 Å². The lowest BCUT2D eigenvalue weighted by atomic mass is 9.93. The minimum atomic E-state index is -3.44. The van der Waals surface area contributed by atoms with Gasteiger partial charge in [-0.05, 0) is 37.1 Å². The van der Waals surface area contributed by atoms with Crippen LogP contribution < -0.4 is 4.74 Å². The van der Waals surface area contributed by atoms with Gasteiger partial charge in [0.2, 0.25) is 0 Å². The van der Waals surface area contributed by atoms with Crippen molar-refractivity contribution >= 4 is 10.1 Å². The van der Waals surface area contributed by atoms with Gasteiger partial charge in [0.25, 0.3) is 10.1 Å². The fourth-order valence-corrected chi connectivity index (χ4v) is 2.41. The van der Waals surface area contributed by atoms with Crippen molar-refractivity contribution in [3.63, 3.8) is 0 Å². The van der Waals surface area contributed by atoms with Gasteiger partial charge in [0.1, 0.15) is 11.4 Å². The molecule has 1 rings (SSSR count). The molecule has 6 heteroatoms. The van der Waals surface area contributed by atoms with Crippen LogP contribution in [0.25, 0.3) is 0 Å². The summed E-state index contributed by atoms with van der Waals surface area (Å²) < 4.78 is 32.9. The third-order valence-corrected chi connectivity index (χ3v) is 4.06. The Labute approximate surface area is 126 Å². The first-order valence-electron chi connectivity index (χ1n) is 6.88. The molecule has 0 saturated carbocycles. The largest absolute Gasteiger partial charge is 0.487 e. The summed E-state index contributed by atoms with van der Waals surface area (Å²) in [7, 11) is -3.44. The summed E-state index contributed by atoms with van der Waals surface area (Å²) >= 11 is 0. The van der Waals surface area contributed by atoms with Gasteiger partial charge in [0, 0.05) is 6.42 Å². The molecule has 1 aromatic rings. The Kier molecular flexibility index (Phi) is 6.19. The molecule has 0 spiro atoms. The minimum Gasteiger partial charge on any atom is -0.487 e. The number of hydrogen-bond acceptors (Lipinski definition) is 5. The van der Waals surface area contributed by atoms with Crippen LogP contribution >= 0.6 is 0 Å². The van der Waals surface area contributed by atoms with Gasteiger partial charge >= 0.3 is 0 Å². The molecule has 0 radical (unpaired) electrons. The third-order valence-electron chi connectivity index (χ3n) is 3.46. The zero-order chi connectivity index (χ0) is 15.9. The van der Waals surface area contributed by atoms with Crippen molar-refractivity contribution in [1.82, 2.24) is 0 Å². The lowest BCUT2D eigenvalue weighted by molar-refractivity contribution is 0.0382. The number of rotatable bonds is 8. The fraction of sp³-hybridized carbons (Fsp3) is 0.533. The highest BCUT2D eigenvalue weighted by Gasteiger charge is 2.28. The van der Waals surface area contributed by atoms with E-state index in [1.165, 1.54) is 0 Å². The molecule has 0 N–H and O–H groups in total. The Morgan fingerprint density at radius 3 is 2.19 bits per heavy atom. The summed E-state index contributed by atoms with van der Waals surface area (Å²) in [5.74, 6) is 0.664. The summed E-state index contributed by atoms with van der Waals surface area (Å²) in [5.41, 5.74) is 0.0973. The first-order valence-corrected chi connectivity index (χ1v) is 8.69. The van der Waals surface area contributed by atoms with E-state index in [0.717, 1.165) is 19.1 Å². The second kappa shape index (κ2) is 7.43. The van der Waals surface area contributed by atoms with Gasteiger partial charge in [-0.3, -0.25) is 4.18 Å². The number of nitrogens with zero attached hydrogens (tertiary/aromatic N) is 1. The van der Waals surface area contributed by atoms with Gasteiger partial charge in [0.05, 0.1) is 24.5 Å². The van der Waals surface area contributed by atoms with E-state index in [1.807, 2.05) is 13.8 Å². The molecule has 0 aliphatic carbocycles. The van der Waals surface area contributed by atoms with E-state index < -0.39 is 15.7 Å². The Hall–Kier alpha value is -1.58. The minimum absolute atomic E-state index is 0.0940. The predicted molar refractivity (Wildman–Crippen MR) is 80.5 cm³/mol. The first kappa shape index (κ1) is 17.5. The molecule has 1 aromatic carbocycles. The number of ether oxygens (including phenoxy) is 1. The maximum Gasteiger partial charge on any atom is 0.264 e. The van der Waals surface area contributed by atoms with E-state index in [0.29, 0.717) is 17.7 Å². The lowest BCUT2D eigenvalue weighted by Crippen LogP contribution is -2.36. The topological polar surface area (TPSA) is 76.4 Å². The Morgan fingerprint density at radius 1 is 1.19 bits per heavy atom. The monoisotopic (exact) mass is 311 g/mol. The molecule has 0 aliphatic heterocycles. The van der Waals surface area contributed by atoms with Crippen LogP contribution in [0.5, 0.6) is 5.75 Å². The SMILES string of the molecule is CCC(CC)(CCOS(C)(=O)=O)Oc1ccc(C#N)cc1. The van der Waals surface area contributed by atoms with Crippen LogP contribution in [0.3, 0.4) is 0 Å². The maximum atomic E-state index is 11.0. The molecule has 0 saturated heterocycles. The quantitative estimate of drug-likeness (QED) is 0.690. The van der Waals surface area contributed by atoms with Gasteiger partial charge in [-0.25, -0.2) is 0 Å². The predicted octanol–water partition coefficient (Wildman–Crippen LogP) is 2.86. The molecule has 0 unspecified atom stereocenters. The van der Waals surface area contributed by atoms with Gasteiger partial charge in [-0.2, -0.15) is 13.7 Å². The summed E-state index contributed by atoms with van der Waals surface area (Å²) in [4.78, 5) is 0. The molecule has 0 aliphatic rings. The van der Waals surface area contributed by atoms with Crippen LogP contribution in [-0.2, 0) is 14.3 Å². The van der Waals surface area contributed by atoms with Gasteiger partial charge in [0.15, 0.2) is 0 Å². The standard InChI is InChI=1S/C15H21NO4S/c1-4-15(5-2,10-11-19-21(3,17)18)20-14-8-6-13(12-16)7-9-14/h6-9H,4-5,10-11H2,1-3H3. The smallest absolute Gasteiger partial charge is 0.264 e. The van der Waals surface area contributed by atoms with Crippen molar-refractivity contribution in [3.8, 4) is 11.8 Å². The van der Waals surface area contributed by atoms with E-state index in [2.05, 4.69) is 6.07 Å². The van der Waals surface area contributed by atoms with Crippen LogP contribution in [0, 0.1) is 11.3 Å². The van der Waals surface area contributed by atoms with E-state index >= 15 is 0 Å².